The minimum atomic E-state index is -0.120. The van der Waals surface area contributed by atoms with Gasteiger partial charge in [-0.25, -0.2) is 0 Å². The van der Waals surface area contributed by atoms with Gasteiger partial charge in [-0.1, -0.05) is 12.1 Å². The lowest BCUT2D eigenvalue weighted by molar-refractivity contribution is 0.0841. The summed E-state index contributed by atoms with van der Waals surface area (Å²) >= 11 is 0. The van der Waals surface area contributed by atoms with E-state index in [0.717, 1.165) is 44.6 Å². The lowest BCUT2D eigenvalue weighted by Crippen LogP contribution is -2.37. The second kappa shape index (κ2) is 7.79. The fraction of sp³-hybridized carbons (Fsp3) is 0.611. The first-order chi connectivity index (χ1) is 11.2. The van der Waals surface area contributed by atoms with Crippen LogP contribution in [0.4, 0.5) is 5.69 Å². The Morgan fingerprint density at radius 1 is 1.26 bits per heavy atom. The standard InChI is InChI=1S/C18H28N4O/c19-18(20-10-13-22-11-8-15(23)9-12-22)21-17-7-3-5-14-4-1-2-6-16(14)17/h3,5,7,15,23H,1-2,4,6,8-13H2,(H3,19,20,21). The molecule has 1 saturated heterocycles. The van der Waals surface area contributed by atoms with Crippen LogP contribution in [0, 0.1) is 0 Å². The summed E-state index contributed by atoms with van der Waals surface area (Å²) < 4.78 is 0. The Morgan fingerprint density at radius 2 is 2.04 bits per heavy atom. The second-order valence-corrected chi connectivity index (χ2v) is 6.62. The van der Waals surface area contributed by atoms with Gasteiger partial charge in [-0.05, 0) is 55.7 Å². The van der Waals surface area contributed by atoms with E-state index in [-0.39, 0.29) is 6.10 Å². The maximum atomic E-state index is 9.52. The van der Waals surface area contributed by atoms with Crippen molar-refractivity contribution in [3.8, 4) is 0 Å². The first kappa shape index (κ1) is 16.3. The van der Waals surface area contributed by atoms with E-state index in [0.29, 0.717) is 12.5 Å². The average molecular weight is 316 g/mol. The highest BCUT2D eigenvalue weighted by atomic mass is 16.3. The predicted octanol–water partition coefficient (Wildman–Crippen LogP) is 1.75. The minimum Gasteiger partial charge on any atom is -0.393 e. The van der Waals surface area contributed by atoms with Crippen LogP contribution in [0.25, 0.3) is 0 Å². The number of aliphatic hydroxyl groups is 1. The Bertz CT molecular complexity index is 550. The molecule has 5 heteroatoms. The van der Waals surface area contributed by atoms with Gasteiger partial charge < -0.3 is 21.1 Å². The van der Waals surface area contributed by atoms with Crippen LogP contribution < -0.4 is 11.1 Å². The van der Waals surface area contributed by atoms with Crippen LogP contribution >= 0.6 is 0 Å². The molecule has 0 radical (unpaired) electrons. The van der Waals surface area contributed by atoms with Gasteiger partial charge in [0.2, 0.25) is 0 Å². The monoisotopic (exact) mass is 316 g/mol. The van der Waals surface area contributed by atoms with Crippen LogP contribution in [0.5, 0.6) is 0 Å². The van der Waals surface area contributed by atoms with E-state index in [1.54, 1.807) is 0 Å². The second-order valence-electron chi connectivity index (χ2n) is 6.62. The lowest BCUT2D eigenvalue weighted by Gasteiger charge is -2.28. The third kappa shape index (κ3) is 4.45. The largest absolute Gasteiger partial charge is 0.393 e. The van der Waals surface area contributed by atoms with Crippen molar-refractivity contribution in [2.45, 2.75) is 44.6 Å². The molecule has 0 unspecified atom stereocenters. The highest BCUT2D eigenvalue weighted by Gasteiger charge is 2.16. The SMILES string of the molecule is NC(=NCCN1CCC(O)CC1)Nc1cccc2c1CCCC2. The number of likely N-dealkylation sites (tertiary alicyclic amines) is 1. The number of aliphatic hydroxyl groups excluding tert-OH is 1. The van der Waals surface area contributed by atoms with Crippen LogP contribution in [0.15, 0.2) is 23.2 Å². The Kier molecular flexibility index (Phi) is 5.51. The average Bonchev–Trinajstić information content (AvgIpc) is 2.57. The quantitative estimate of drug-likeness (QED) is 0.584. The van der Waals surface area contributed by atoms with Crippen LogP contribution in [0.2, 0.25) is 0 Å². The lowest BCUT2D eigenvalue weighted by atomic mass is 9.90. The number of aryl methyl sites for hydroxylation is 1. The zero-order chi connectivity index (χ0) is 16.1. The van der Waals surface area contributed by atoms with Crippen molar-refractivity contribution in [1.29, 1.82) is 0 Å². The summed E-state index contributed by atoms with van der Waals surface area (Å²) in [5.41, 5.74) is 10.0. The van der Waals surface area contributed by atoms with E-state index >= 15 is 0 Å². The number of anilines is 1. The van der Waals surface area contributed by atoms with E-state index in [9.17, 15) is 5.11 Å². The van der Waals surface area contributed by atoms with Gasteiger partial charge in [0, 0.05) is 25.3 Å². The molecule has 23 heavy (non-hydrogen) atoms. The molecule has 1 aliphatic carbocycles. The zero-order valence-electron chi connectivity index (χ0n) is 13.8. The number of aliphatic imine (C=N–C) groups is 1. The Balaban J connectivity index is 1.52. The summed E-state index contributed by atoms with van der Waals surface area (Å²) in [5.74, 6) is 0.501. The number of guanidine groups is 1. The topological polar surface area (TPSA) is 73.9 Å². The van der Waals surface area contributed by atoms with Gasteiger partial charge >= 0.3 is 0 Å². The summed E-state index contributed by atoms with van der Waals surface area (Å²) in [7, 11) is 0. The molecule has 1 aromatic rings. The minimum absolute atomic E-state index is 0.120. The van der Waals surface area contributed by atoms with Crippen molar-refractivity contribution < 1.29 is 5.11 Å². The van der Waals surface area contributed by atoms with Gasteiger partial charge in [0.25, 0.3) is 0 Å². The van der Waals surface area contributed by atoms with E-state index in [1.165, 1.54) is 30.4 Å². The molecule has 0 amide bonds. The van der Waals surface area contributed by atoms with Crippen molar-refractivity contribution in [3.63, 3.8) is 0 Å². The van der Waals surface area contributed by atoms with E-state index in [4.69, 9.17) is 5.73 Å². The number of hydrogen-bond donors (Lipinski definition) is 3. The van der Waals surface area contributed by atoms with Gasteiger partial charge in [0.05, 0.1) is 12.6 Å². The fourth-order valence-corrected chi connectivity index (χ4v) is 3.53. The molecular weight excluding hydrogens is 288 g/mol. The number of piperidine rings is 1. The summed E-state index contributed by atoms with van der Waals surface area (Å²) in [6.45, 7) is 3.51. The van der Waals surface area contributed by atoms with Gasteiger partial charge in [-0.15, -0.1) is 0 Å². The third-order valence-electron chi connectivity index (χ3n) is 4.91. The van der Waals surface area contributed by atoms with E-state index in [2.05, 4.69) is 33.4 Å². The molecule has 5 nitrogen and oxygen atoms in total. The Hall–Kier alpha value is -1.59. The van der Waals surface area contributed by atoms with Gasteiger partial charge in [-0.2, -0.15) is 0 Å². The molecule has 0 spiro atoms. The molecule has 1 aliphatic heterocycles. The van der Waals surface area contributed by atoms with E-state index < -0.39 is 0 Å². The summed E-state index contributed by atoms with van der Waals surface area (Å²) in [6.07, 6.45) is 6.45. The maximum absolute atomic E-state index is 9.52. The predicted molar refractivity (Wildman–Crippen MR) is 94.9 cm³/mol. The van der Waals surface area contributed by atoms with E-state index in [1.807, 2.05) is 0 Å². The van der Waals surface area contributed by atoms with Crippen molar-refractivity contribution in [2.75, 3.05) is 31.5 Å². The summed E-state index contributed by atoms with van der Waals surface area (Å²) in [4.78, 5) is 6.80. The first-order valence-corrected chi connectivity index (χ1v) is 8.80. The molecule has 0 aromatic heterocycles. The van der Waals surface area contributed by atoms with Crippen molar-refractivity contribution in [2.24, 2.45) is 10.7 Å². The van der Waals surface area contributed by atoms with Crippen LogP contribution in [0.3, 0.4) is 0 Å². The number of benzene rings is 1. The number of nitrogens with zero attached hydrogens (tertiary/aromatic N) is 2. The summed E-state index contributed by atoms with van der Waals surface area (Å²) in [5, 5.41) is 12.8. The molecular formula is C18H28N4O. The Morgan fingerprint density at radius 3 is 2.87 bits per heavy atom. The van der Waals surface area contributed by atoms with Gasteiger partial charge in [0.15, 0.2) is 5.96 Å². The number of hydrogen-bond acceptors (Lipinski definition) is 3. The Labute approximate surface area is 138 Å². The maximum Gasteiger partial charge on any atom is 0.193 e. The van der Waals surface area contributed by atoms with Crippen molar-refractivity contribution in [3.05, 3.63) is 29.3 Å². The smallest absolute Gasteiger partial charge is 0.193 e. The van der Waals surface area contributed by atoms with Crippen molar-refractivity contribution >= 4 is 11.6 Å². The normalized spacial score (nSPS) is 20.3. The van der Waals surface area contributed by atoms with Crippen LogP contribution in [-0.4, -0.2) is 48.2 Å². The molecule has 3 rings (SSSR count). The highest BCUT2D eigenvalue weighted by molar-refractivity contribution is 5.93. The molecule has 1 fully saturated rings. The molecule has 0 saturated carbocycles. The first-order valence-electron chi connectivity index (χ1n) is 8.80. The third-order valence-corrected chi connectivity index (χ3v) is 4.91. The number of nitrogens with one attached hydrogen (secondary N) is 1. The van der Waals surface area contributed by atoms with Crippen LogP contribution in [0.1, 0.15) is 36.8 Å². The molecule has 1 heterocycles. The number of rotatable bonds is 4. The fourth-order valence-electron chi connectivity index (χ4n) is 3.53. The summed E-state index contributed by atoms with van der Waals surface area (Å²) in [6, 6.07) is 6.41. The number of fused-ring (bicyclic) bond motifs is 1. The zero-order valence-corrected chi connectivity index (χ0v) is 13.8. The number of nitrogens with two attached hydrogens (primary N) is 1. The molecule has 0 bridgehead atoms. The van der Waals surface area contributed by atoms with Gasteiger partial charge in [0.1, 0.15) is 0 Å². The molecule has 2 aliphatic rings. The van der Waals surface area contributed by atoms with Crippen molar-refractivity contribution in [1.82, 2.24) is 4.90 Å². The van der Waals surface area contributed by atoms with Crippen LogP contribution in [-0.2, 0) is 12.8 Å². The molecule has 0 atom stereocenters. The molecule has 4 N–H and O–H groups in total. The highest BCUT2D eigenvalue weighted by Crippen LogP contribution is 2.27. The molecule has 1 aromatic carbocycles. The van der Waals surface area contributed by atoms with Gasteiger partial charge in [-0.3, -0.25) is 4.99 Å². The molecule has 126 valence electrons.